The van der Waals surface area contributed by atoms with Crippen molar-refractivity contribution in [3.63, 3.8) is 0 Å². The number of methoxy groups -OCH3 is 2. The minimum absolute atomic E-state index is 0.0652. The molecule has 23 heavy (non-hydrogen) atoms. The predicted octanol–water partition coefficient (Wildman–Crippen LogP) is 3.31. The van der Waals surface area contributed by atoms with Gasteiger partial charge in [-0.2, -0.15) is 0 Å². The molecule has 0 amide bonds. The van der Waals surface area contributed by atoms with Crippen molar-refractivity contribution < 1.29 is 24.1 Å². The monoisotopic (exact) mass is 316 g/mol. The largest absolute Gasteiger partial charge is 0.508 e. The van der Waals surface area contributed by atoms with Crippen LogP contribution >= 0.6 is 0 Å². The fourth-order valence-electron chi connectivity index (χ4n) is 3.77. The zero-order chi connectivity index (χ0) is 16.4. The summed E-state index contributed by atoms with van der Waals surface area (Å²) in [5.74, 6) is 0.943. The minimum atomic E-state index is -0.619. The highest BCUT2D eigenvalue weighted by Crippen LogP contribution is 2.51. The number of fused-ring (bicyclic) bond motifs is 5. The molecule has 1 aliphatic heterocycles. The van der Waals surface area contributed by atoms with E-state index in [1.54, 1.807) is 20.3 Å². The fourth-order valence-corrected chi connectivity index (χ4v) is 3.77. The number of benzene rings is 2. The van der Waals surface area contributed by atoms with Gasteiger partial charge >= 0.3 is 0 Å². The smallest absolute Gasteiger partial charge is 0.164 e. The van der Waals surface area contributed by atoms with Crippen LogP contribution in [0.1, 0.15) is 31.1 Å². The first-order valence-electron chi connectivity index (χ1n) is 7.69. The van der Waals surface area contributed by atoms with Gasteiger partial charge in [0.05, 0.1) is 20.3 Å². The van der Waals surface area contributed by atoms with Crippen molar-refractivity contribution in [1.82, 2.24) is 0 Å². The first kappa shape index (κ1) is 14.6. The normalized spacial score (nSPS) is 24.5. The second kappa shape index (κ2) is 4.76. The lowest BCUT2D eigenvalue weighted by Crippen LogP contribution is -2.22. The fraction of sp³-hybridized carbons (Fsp3) is 0.444. The van der Waals surface area contributed by atoms with E-state index in [-0.39, 0.29) is 18.0 Å². The van der Waals surface area contributed by atoms with Gasteiger partial charge < -0.3 is 24.1 Å². The van der Waals surface area contributed by atoms with Gasteiger partial charge in [-0.25, -0.2) is 0 Å². The van der Waals surface area contributed by atoms with E-state index in [1.165, 1.54) is 0 Å². The number of rotatable bonds is 2. The summed E-state index contributed by atoms with van der Waals surface area (Å²) in [4.78, 5) is 0. The molecule has 2 aliphatic rings. The Labute approximate surface area is 134 Å². The van der Waals surface area contributed by atoms with Crippen LogP contribution in [-0.4, -0.2) is 31.2 Å². The SMILES string of the molecule is COc1cc2cc(O)c3c(c2cc1OC)CC1OC(C)(C)OC31. The highest BCUT2D eigenvalue weighted by Gasteiger charge is 2.48. The molecule has 1 fully saturated rings. The summed E-state index contributed by atoms with van der Waals surface area (Å²) in [5.41, 5.74) is 1.90. The Morgan fingerprint density at radius 1 is 1.09 bits per heavy atom. The molecule has 2 aromatic carbocycles. The van der Waals surface area contributed by atoms with Crippen molar-refractivity contribution in [2.24, 2.45) is 0 Å². The van der Waals surface area contributed by atoms with Gasteiger partial charge in [-0.15, -0.1) is 0 Å². The van der Waals surface area contributed by atoms with E-state index in [2.05, 4.69) is 0 Å². The number of ether oxygens (including phenoxy) is 4. The molecule has 1 aliphatic carbocycles. The summed E-state index contributed by atoms with van der Waals surface area (Å²) < 4.78 is 22.7. The maximum absolute atomic E-state index is 10.5. The first-order valence-corrected chi connectivity index (χ1v) is 7.69. The molecule has 0 aromatic heterocycles. The van der Waals surface area contributed by atoms with Gasteiger partial charge in [0, 0.05) is 12.0 Å². The molecule has 2 atom stereocenters. The summed E-state index contributed by atoms with van der Waals surface area (Å²) in [6.45, 7) is 3.80. The molecule has 0 bridgehead atoms. The van der Waals surface area contributed by atoms with Crippen molar-refractivity contribution in [2.75, 3.05) is 14.2 Å². The van der Waals surface area contributed by atoms with Crippen LogP contribution in [0.15, 0.2) is 18.2 Å². The van der Waals surface area contributed by atoms with Crippen LogP contribution in [0.5, 0.6) is 17.2 Å². The zero-order valence-corrected chi connectivity index (χ0v) is 13.7. The Kier molecular flexibility index (Phi) is 3.02. The van der Waals surface area contributed by atoms with Crippen LogP contribution in [0.3, 0.4) is 0 Å². The lowest BCUT2D eigenvalue weighted by Gasteiger charge is -2.20. The van der Waals surface area contributed by atoms with E-state index in [0.717, 1.165) is 21.9 Å². The highest BCUT2D eigenvalue weighted by atomic mass is 16.8. The summed E-state index contributed by atoms with van der Waals surface area (Å²) in [7, 11) is 3.22. The molecule has 5 heteroatoms. The third-order valence-corrected chi connectivity index (χ3v) is 4.65. The second-order valence-electron chi connectivity index (χ2n) is 6.51. The lowest BCUT2D eigenvalue weighted by molar-refractivity contribution is -0.148. The summed E-state index contributed by atoms with van der Waals surface area (Å²) in [6, 6.07) is 5.60. The number of aromatic hydroxyl groups is 1. The minimum Gasteiger partial charge on any atom is -0.508 e. The van der Waals surface area contributed by atoms with Crippen LogP contribution in [0.25, 0.3) is 10.8 Å². The van der Waals surface area contributed by atoms with Crippen LogP contribution in [0.2, 0.25) is 0 Å². The Bertz CT molecular complexity index is 796. The third-order valence-electron chi connectivity index (χ3n) is 4.65. The van der Waals surface area contributed by atoms with Crippen molar-refractivity contribution in [1.29, 1.82) is 0 Å². The van der Waals surface area contributed by atoms with Crippen molar-refractivity contribution in [3.05, 3.63) is 29.3 Å². The predicted molar refractivity (Wildman–Crippen MR) is 85.2 cm³/mol. The number of phenols is 1. The van der Waals surface area contributed by atoms with Gasteiger partial charge in [0.25, 0.3) is 0 Å². The van der Waals surface area contributed by atoms with Crippen molar-refractivity contribution in [3.8, 4) is 17.2 Å². The Morgan fingerprint density at radius 3 is 2.48 bits per heavy atom. The molecule has 0 saturated carbocycles. The van der Waals surface area contributed by atoms with Crippen LogP contribution in [0, 0.1) is 0 Å². The Morgan fingerprint density at radius 2 is 1.78 bits per heavy atom. The van der Waals surface area contributed by atoms with Crippen LogP contribution in [-0.2, 0) is 15.9 Å². The molecule has 0 spiro atoms. The van der Waals surface area contributed by atoms with Gasteiger partial charge in [0.1, 0.15) is 11.9 Å². The molecule has 122 valence electrons. The van der Waals surface area contributed by atoms with Gasteiger partial charge in [-0.1, -0.05) is 0 Å². The number of hydrogen-bond donors (Lipinski definition) is 1. The molecule has 4 rings (SSSR count). The lowest BCUT2D eigenvalue weighted by atomic mass is 9.98. The van der Waals surface area contributed by atoms with E-state index in [1.807, 2.05) is 26.0 Å². The highest BCUT2D eigenvalue weighted by molar-refractivity contribution is 5.92. The quantitative estimate of drug-likeness (QED) is 0.921. The standard InChI is InChI=1S/C18H20O5/c1-18(2)22-15-8-11-10-7-14(21-4)13(20-3)6-9(10)5-12(19)16(11)17(15)23-18/h5-7,15,17,19H,8H2,1-4H3. The van der Waals surface area contributed by atoms with Crippen molar-refractivity contribution in [2.45, 2.75) is 38.3 Å². The van der Waals surface area contributed by atoms with Gasteiger partial charge in [-0.3, -0.25) is 0 Å². The zero-order valence-electron chi connectivity index (χ0n) is 13.7. The molecule has 2 aromatic rings. The molecular formula is C18H20O5. The van der Waals surface area contributed by atoms with E-state index in [4.69, 9.17) is 18.9 Å². The molecule has 2 unspecified atom stereocenters. The molecule has 0 radical (unpaired) electrons. The van der Waals surface area contributed by atoms with Crippen LogP contribution < -0.4 is 9.47 Å². The van der Waals surface area contributed by atoms with Gasteiger partial charge in [-0.05, 0) is 48.4 Å². The number of hydrogen-bond acceptors (Lipinski definition) is 5. The van der Waals surface area contributed by atoms with E-state index < -0.39 is 5.79 Å². The van der Waals surface area contributed by atoms with Crippen LogP contribution in [0.4, 0.5) is 0 Å². The topological polar surface area (TPSA) is 57.2 Å². The average Bonchev–Trinajstić information content (AvgIpc) is 2.98. The molecule has 1 saturated heterocycles. The average molecular weight is 316 g/mol. The summed E-state index contributed by atoms with van der Waals surface area (Å²) in [6.07, 6.45) is 0.422. The number of phenolic OH excluding ortho intramolecular Hbond substituents is 1. The first-order chi connectivity index (χ1) is 10.9. The van der Waals surface area contributed by atoms with Gasteiger partial charge in [0.15, 0.2) is 17.3 Å². The molecule has 1 heterocycles. The van der Waals surface area contributed by atoms with Crippen molar-refractivity contribution >= 4 is 10.8 Å². The third kappa shape index (κ3) is 2.07. The van der Waals surface area contributed by atoms with E-state index in [9.17, 15) is 5.11 Å². The Hall–Kier alpha value is -1.98. The van der Waals surface area contributed by atoms with E-state index in [0.29, 0.717) is 17.9 Å². The maximum atomic E-state index is 10.5. The van der Waals surface area contributed by atoms with Gasteiger partial charge in [0.2, 0.25) is 0 Å². The maximum Gasteiger partial charge on any atom is 0.164 e. The molecule has 5 nitrogen and oxygen atoms in total. The Balaban J connectivity index is 1.93. The summed E-state index contributed by atoms with van der Waals surface area (Å²) >= 11 is 0. The molecule has 1 N–H and O–H groups in total. The van der Waals surface area contributed by atoms with E-state index >= 15 is 0 Å². The second-order valence-corrected chi connectivity index (χ2v) is 6.51. The summed E-state index contributed by atoms with van der Waals surface area (Å²) in [5, 5.41) is 12.5. The molecular weight excluding hydrogens is 296 g/mol.